The smallest absolute Gasteiger partial charge is 0.123 e. The van der Waals surface area contributed by atoms with Crippen LogP contribution in [0.5, 0.6) is 0 Å². The Balaban J connectivity index is 1.89. The highest BCUT2D eigenvalue weighted by atomic mass is 79.9. The van der Waals surface area contributed by atoms with Gasteiger partial charge in [-0.05, 0) is 58.3 Å². The van der Waals surface area contributed by atoms with Crippen molar-refractivity contribution in [3.63, 3.8) is 0 Å². The Kier molecular flexibility index (Phi) is 4.18. The predicted octanol–water partition coefficient (Wildman–Crippen LogP) is 7.62. The van der Waals surface area contributed by atoms with Crippen LogP contribution < -0.4 is 0 Å². The molecule has 1 aromatic heterocycles. The molecule has 0 amide bonds. The fourth-order valence-electron chi connectivity index (χ4n) is 3.66. The maximum absolute atomic E-state index is 13.5. The highest BCUT2D eigenvalue weighted by Gasteiger charge is 2.13. The van der Waals surface area contributed by atoms with Crippen LogP contribution in [0.4, 0.5) is 4.39 Å². The third-order valence-electron chi connectivity index (χ3n) is 4.97. The summed E-state index contributed by atoms with van der Waals surface area (Å²) in [5.41, 5.74) is 4.88. The van der Waals surface area contributed by atoms with E-state index in [0.29, 0.717) is 0 Å². The average molecular weight is 428 g/mol. The monoisotopic (exact) mass is 427 g/mol. The van der Waals surface area contributed by atoms with Crippen LogP contribution in [-0.4, -0.2) is 4.98 Å². The number of nitrogens with zero attached hydrogens (tertiary/aromatic N) is 1. The Morgan fingerprint density at radius 1 is 0.714 bits per heavy atom. The van der Waals surface area contributed by atoms with E-state index >= 15 is 0 Å². The van der Waals surface area contributed by atoms with Crippen LogP contribution in [0, 0.1) is 5.82 Å². The van der Waals surface area contributed by atoms with Gasteiger partial charge >= 0.3 is 0 Å². The van der Waals surface area contributed by atoms with Gasteiger partial charge in [0.25, 0.3) is 0 Å². The molecule has 0 aliphatic rings. The van der Waals surface area contributed by atoms with Crippen molar-refractivity contribution in [1.82, 2.24) is 4.98 Å². The summed E-state index contributed by atoms with van der Waals surface area (Å²) in [4.78, 5) is 4.95. The molecule has 1 heterocycles. The van der Waals surface area contributed by atoms with Crippen molar-refractivity contribution < 1.29 is 4.39 Å². The van der Waals surface area contributed by atoms with Gasteiger partial charge in [-0.25, -0.2) is 9.37 Å². The van der Waals surface area contributed by atoms with Gasteiger partial charge in [0.15, 0.2) is 0 Å². The molecule has 0 radical (unpaired) electrons. The molecule has 0 atom stereocenters. The minimum absolute atomic E-state index is 0.237. The van der Waals surface area contributed by atoms with E-state index in [4.69, 9.17) is 4.98 Å². The summed E-state index contributed by atoms with van der Waals surface area (Å²) >= 11 is 3.54. The van der Waals surface area contributed by atoms with Gasteiger partial charge in [0, 0.05) is 15.4 Å². The minimum Gasteiger partial charge on any atom is -0.248 e. The first-order valence-electron chi connectivity index (χ1n) is 9.03. The van der Waals surface area contributed by atoms with Crippen LogP contribution in [0.3, 0.4) is 0 Å². The average Bonchev–Trinajstić information content (AvgIpc) is 2.73. The van der Waals surface area contributed by atoms with Crippen LogP contribution in [0.2, 0.25) is 0 Å². The van der Waals surface area contributed by atoms with Gasteiger partial charge in [0.05, 0.1) is 11.2 Å². The van der Waals surface area contributed by atoms with Gasteiger partial charge in [0.2, 0.25) is 0 Å². The molecule has 28 heavy (non-hydrogen) atoms. The van der Waals surface area contributed by atoms with E-state index in [1.807, 2.05) is 36.4 Å². The van der Waals surface area contributed by atoms with Crippen LogP contribution in [-0.2, 0) is 0 Å². The molecule has 0 spiro atoms. The summed E-state index contributed by atoms with van der Waals surface area (Å²) in [6, 6.07) is 29.3. The predicted molar refractivity (Wildman–Crippen MR) is 118 cm³/mol. The van der Waals surface area contributed by atoms with Crippen LogP contribution in [0.15, 0.2) is 95.5 Å². The molecule has 4 aromatic carbocycles. The zero-order valence-electron chi connectivity index (χ0n) is 14.9. The van der Waals surface area contributed by atoms with E-state index in [1.165, 1.54) is 12.1 Å². The second-order valence-corrected chi connectivity index (χ2v) is 7.67. The molecule has 0 fully saturated rings. The molecule has 0 aliphatic heterocycles. The summed E-state index contributed by atoms with van der Waals surface area (Å²) in [6.45, 7) is 0. The number of aromatic nitrogens is 1. The lowest BCUT2D eigenvalue weighted by molar-refractivity contribution is 0.628. The van der Waals surface area contributed by atoms with Gasteiger partial charge in [-0.3, -0.25) is 0 Å². The largest absolute Gasteiger partial charge is 0.248 e. The summed E-state index contributed by atoms with van der Waals surface area (Å²) in [5.74, 6) is -0.237. The number of halogens is 2. The Morgan fingerprint density at radius 3 is 2.36 bits per heavy atom. The lowest BCUT2D eigenvalue weighted by atomic mass is 9.94. The van der Waals surface area contributed by atoms with Crippen molar-refractivity contribution >= 4 is 37.6 Å². The van der Waals surface area contributed by atoms with Gasteiger partial charge in [-0.1, -0.05) is 70.5 Å². The lowest BCUT2D eigenvalue weighted by Gasteiger charge is -2.13. The van der Waals surface area contributed by atoms with Crippen LogP contribution in [0.1, 0.15) is 0 Å². The fourth-order valence-corrected chi connectivity index (χ4v) is 4.06. The van der Waals surface area contributed by atoms with Gasteiger partial charge in [0.1, 0.15) is 5.82 Å². The lowest BCUT2D eigenvalue weighted by Crippen LogP contribution is -1.91. The zero-order valence-corrected chi connectivity index (χ0v) is 16.4. The Bertz CT molecular complexity index is 1330. The Labute approximate surface area is 170 Å². The first-order valence-corrected chi connectivity index (χ1v) is 9.83. The highest BCUT2D eigenvalue weighted by Crippen LogP contribution is 2.36. The van der Waals surface area contributed by atoms with Crippen LogP contribution >= 0.6 is 15.9 Å². The van der Waals surface area contributed by atoms with Crippen LogP contribution in [0.25, 0.3) is 44.1 Å². The molecule has 3 heteroatoms. The second-order valence-electron chi connectivity index (χ2n) is 6.75. The van der Waals surface area contributed by atoms with E-state index in [0.717, 1.165) is 48.5 Å². The molecule has 0 bridgehead atoms. The van der Waals surface area contributed by atoms with Crippen molar-refractivity contribution in [2.75, 3.05) is 0 Å². The maximum atomic E-state index is 13.5. The quantitative estimate of drug-likeness (QED) is 0.264. The molecule has 134 valence electrons. The number of benzene rings is 4. The summed E-state index contributed by atoms with van der Waals surface area (Å²) in [6.07, 6.45) is 0. The third-order valence-corrected chi connectivity index (χ3v) is 5.47. The molecular weight excluding hydrogens is 413 g/mol. The van der Waals surface area contributed by atoms with E-state index in [-0.39, 0.29) is 5.82 Å². The van der Waals surface area contributed by atoms with Crippen molar-refractivity contribution in [3.05, 3.63) is 101 Å². The van der Waals surface area contributed by atoms with E-state index in [9.17, 15) is 4.39 Å². The summed E-state index contributed by atoms with van der Waals surface area (Å²) in [5, 5.41) is 3.39. The molecule has 0 unspecified atom stereocenters. The molecule has 0 saturated carbocycles. The maximum Gasteiger partial charge on any atom is 0.123 e. The number of fused-ring (bicyclic) bond motifs is 3. The van der Waals surface area contributed by atoms with Crippen molar-refractivity contribution in [3.8, 4) is 22.4 Å². The molecule has 0 aliphatic carbocycles. The number of hydrogen-bond acceptors (Lipinski definition) is 1. The first kappa shape index (κ1) is 17.1. The molecular formula is C25H15BrFN. The van der Waals surface area contributed by atoms with Gasteiger partial charge < -0.3 is 0 Å². The molecule has 5 aromatic rings. The Hall–Kier alpha value is -3.04. The molecule has 0 saturated heterocycles. The third kappa shape index (κ3) is 2.98. The molecule has 5 rings (SSSR count). The van der Waals surface area contributed by atoms with Crippen molar-refractivity contribution in [1.29, 1.82) is 0 Å². The normalized spacial score (nSPS) is 11.2. The van der Waals surface area contributed by atoms with Gasteiger partial charge in [-0.15, -0.1) is 0 Å². The first-order chi connectivity index (χ1) is 13.7. The van der Waals surface area contributed by atoms with E-state index in [2.05, 4.69) is 58.4 Å². The van der Waals surface area contributed by atoms with E-state index < -0.39 is 0 Å². The SMILES string of the molecule is Fc1ccc(-c2cc(-c3cccc(Br)c3)nc3ccc4ccccc4c23)cc1. The fraction of sp³-hybridized carbons (Fsp3) is 0. The molecule has 0 N–H and O–H groups in total. The Morgan fingerprint density at radius 2 is 1.54 bits per heavy atom. The van der Waals surface area contributed by atoms with E-state index in [1.54, 1.807) is 0 Å². The second kappa shape index (κ2) is 6.84. The number of hydrogen-bond donors (Lipinski definition) is 0. The minimum atomic E-state index is -0.237. The number of pyridine rings is 1. The summed E-state index contributed by atoms with van der Waals surface area (Å²) < 4.78 is 14.5. The summed E-state index contributed by atoms with van der Waals surface area (Å²) in [7, 11) is 0. The topological polar surface area (TPSA) is 12.9 Å². The van der Waals surface area contributed by atoms with Crippen molar-refractivity contribution in [2.45, 2.75) is 0 Å². The van der Waals surface area contributed by atoms with Gasteiger partial charge in [-0.2, -0.15) is 0 Å². The number of rotatable bonds is 2. The standard InChI is InChI=1S/C25H15BrFN/c26-19-6-3-5-18(14-19)24-15-22(17-8-11-20(27)12-9-17)25-21-7-2-1-4-16(21)10-13-23(25)28-24/h1-15H. The van der Waals surface area contributed by atoms with Crippen molar-refractivity contribution in [2.24, 2.45) is 0 Å². The molecule has 1 nitrogen and oxygen atoms in total. The highest BCUT2D eigenvalue weighted by molar-refractivity contribution is 9.10. The zero-order chi connectivity index (χ0) is 19.1.